The Balaban J connectivity index is 2.92. The standard InChI is InChI=1S/C15H25NO/c1-5-12(10-16)8-14-7-6-13(11(2)3)9-15(14)17-4/h6-7,9,11-12H,5,8,10,16H2,1-4H3. The van der Waals surface area contributed by atoms with Crippen LogP contribution in [0.15, 0.2) is 18.2 Å². The van der Waals surface area contributed by atoms with E-state index in [2.05, 4.69) is 39.0 Å². The van der Waals surface area contributed by atoms with Crippen molar-refractivity contribution in [1.82, 2.24) is 0 Å². The monoisotopic (exact) mass is 235 g/mol. The molecule has 0 aliphatic carbocycles. The van der Waals surface area contributed by atoms with Gasteiger partial charge in [-0.15, -0.1) is 0 Å². The van der Waals surface area contributed by atoms with Gasteiger partial charge in [0.1, 0.15) is 5.75 Å². The van der Waals surface area contributed by atoms with Crippen LogP contribution in [-0.2, 0) is 6.42 Å². The van der Waals surface area contributed by atoms with E-state index in [1.807, 2.05) is 0 Å². The minimum atomic E-state index is 0.537. The molecule has 0 amide bonds. The van der Waals surface area contributed by atoms with Crippen molar-refractivity contribution in [3.05, 3.63) is 29.3 Å². The molecule has 0 spiro atoms. The van der Waals surface area contributed by atoms with Crippen LogP contribution < -0.4 is 10.5 Å². The Morgan fingerprint density at radius 2 is 2.00 bits per heavy atom. The van der Waals surface area contributed by atoms with E-state index in [4.69, 9.17) is 10.5 Å². The summed E-state index contributed by atoms with van der Waals surface area (Å²) in [5.74, 6) is 2.09. The Morgan fingerprint density at radius 1 is 1.29 bits per heavy atom. The predicted octanol–water partition coefficient (Wildman–Crippen LogP) is 3.35. The molecule has 0 bridgehead atoms. The van der Waals surface area contributed by atoms with Crippen LogP contribution in [0.3, 0.4) is 0 Å². The lowest BCUT2D eigenvalue weighted by Crippen LogP contribution is -2.16. The minimum absolute atomic E-state index is 0.537. The van der Waals surface area contributed by atoms with Crippen molar-refractivity contribution in [2.45, 2.75) is 39.5 Å². The summed E-state index contributed by atoms with van der Waals surface area (Å²) >= 11 is 0. The van der Waals surface area contributed by atoms with Crippen molar-refractivity contribution in [1.29, 1.82) is 0 Å². The third-order valence-corrected chi connectivity index (χ3v) is 3.40. The van der Waals surface area contributed by atoms with Crippen LogP contribution in [-0.4, -0.2) is 13.7 Å². The van der Waals surface area contributed by atoms with Crippen molar-refractivity contribution in [2.75, 3.05) is 13.7 Å². The lowest BCUT2D eigenvalue weighted by Gasteiger charge is -2.16. The Labute approximate surface area is 105 Å². The summed E-state index contributed by atoms with van der Waals surface area (Å²) in [5, 5.41) is 0. The summed E-state index contributed by atoms with van der Waals surface area (Å²) in [4.78, 5) is 0. The smallest absolute Gasteiger partial charge is 0.122 e. The van der Waals surface area contributed by atoms with Crippen molar-refractivity contribution in [3.63, 3.8) is 0 Å². The number of benzene rings is 1. The van der Waals surface area contributed by atoms with E-state index in [0.717, 1.165) is 25.1 Å². The molecular weight excluding hydrogens is 210 g/mol. The van der Waals surface area contributed by atoms with Gasteiger partial charge in [0, 0.05) is 0 Å². The summed E-state index contributed by atoms with van der Waals surface area (Å²) in [5.41, 5.74) is 8.36. The molecule has 1 unspecified atom stereocenters. The van der Waals surface area contributed by atoms with Gasteiger partial charge >= 0.3 is 0 Å². The second-order valence-corrected chi connectivity index (χ2v) is 4.94. The number of nitrogens with two attached hydrogens (primary N) is 1. The maximum Gasteiger partial charge on any atom is 0.122 e. The fourth-order valence-electron chi connectivity index (χ4n) is 1.99. The van der Waals surface area contributed by atoms with Crippen molar-refractivity contribution in [2.24, 2.45) is 11.7 Å². The highest BCUT2D eigenvalue weighted by Crippen LogP contribution is 2.27. The van der Waals surface area contributed by atoms with E-state index < -0.39 is 0 Å². The molecule has 0 aromatic heterocycles. The first-order valence-corrected chi connectivity index (χ1v) is 6.49. The minimum Gasteiger partial charge on any atom is -0.496 e. The van der Waals surface area contributed by atoms with Gasteiger partial charge in [0.25, 0.3) is 0 Å². The molecule has 2 N–H and O–H groups in total. The predicted molar refractivity (Wildman–Crippen MR) is 73.6 cm³/mol. The van der Waals surface area contributed by atoms with Gasteiger partial charge in [-0.1, -0.05) is 39.3 Å². The summed E-state index contributed by atoms with van der Waals surface area (Å²) in [6.07, 6.45) is 2.13. The largest absolute Gasteiger partial charge is 0.496 e. The van der Waals surface area contributed by atoms with E-state index >= 15 is 0 Å². The van der Waals surface area contributed by atoms with Crippen LogP contribution in [0.1, 0.15) is 44.2 Å². The van der Waals surface area contributed by atoms with Gasteiger partial charge in [0.15, 0.2) is 0 Å². The highest BCUT2D eigenvalue weighted by atomic mass is 16.5. The second kappa shape index (κ2) is 6.65. The highest BCUT2D eigenvalue weighted by Gasteiger charge is 2.11. The fourth-order valence-corrected chi connectivity index (χ4v) is 1.99. The van der Waals surface area contributed by atoms with Gasteiger partial charge in [-0.25, -0.2) is 0 Å². The molecule has 17 heavy (non-hydrogen) atoms. The summed E-state index contributed by atoms with van der Waals surface area (Å²) in [6, 6.07) is 6.54. The lowest BCUT2D eigenvalue weighted by molar-refractivity contribution is 0.402. The van der Waals surface area contributed by atoms with E-state index in [9.17, 15) is 0 Å². The molecule has 0 saturated carbocycles. The van der Waals surface area contributed by atoms with Crippen LogP contribution in [0, 0.1) is 5.92 Å². The summed E-state index contributed by atoms with van der Waals surface area (Å²) in [6.45, 7) is 7.32. The van der Waals surface area contributed by atoms with Gasteiger partial charge in [0.05, 0.1) is 7.11 Å². The van der Waals surface area contributed by atoms with Gasteiger partial charge in [0.2, 0.25) is 0 Å². The van der Waals surface area contributed by atoms with Crippen molar-refractivity contribution >= 4 is 0 Å². The van der Waals surface area contributed by atoms with Gasteiger partial charge in [-0.2, -0.15) is 0 Å². The van der Waals surface area contributed by atoms with Crippen LogP contribution in [0.2, 0.25) is 0 Å². The van der Waals surface area contributed by atoms with E-state index in [1.54, 1.807) is 7.11 Å². The number of rotatable bonds is 6. The molecule has 1 rings (SSSR count). The molecule has 0 aliphatic rings. The normalized spacial score (nSPS) is 12.8. The van der Waals surface area contributed by atoms with Crippen LogP contribution in [0.4, 0.5) is 0 Å². The Bertz CT molecular complexity index is 343. The van der Waals surface area contributed by atoms with Crippen molar-refractivity contribution < 1.29 is 4.74 Å². The summed E-state index contributed by atoms with van der Waals surface area (Å²) in [7, 11) is 1.74. The first kappa shape index (κ1) is 14.0. The van der Waals surface area contributed by atoms with E-state index in [1.165, 1.54) is 11.1 Å². The lowest BCUT2D eigenvalue weighted by atomic mass is 9.94. The zero-order chi connectivity index (χ0) is 12.8. The second-order valence-electron chi connectivity index (χ2n) is 4.94. The van der Waals surface area contributed by atoms with Gasteiger partial charge in [-0.05, 0) is 42.0 Å². The number of hydrogen-bond donors (Lipinski definition) is 1. The van der Waals surface area contributed by atoms with Gasteiger partial charge in [-0.3, -0.25) is 0 Å². The van der Waals surface area contributed by atoms with Crippen molar-refractivity contribution in [3.8, 4) is 5.75 Å². The molecule has 1 atom stereocenters. The third kappa shape index (κ3) is 3.74. The number of methoxy groups -OCH3 is 1. The average molecular weight is 235 g/mol. The number of hydrogen-bond acceptors (Lipinski definition) is 2. The molecule has 2 nitrogen and oxygen atoms in total. The Kier molecular flexibility index (Phi) is 5.49. The molecule has 1 aromatic rings. The van der Waals surface area contributed by atoms with E-state index in [-0.39, 0.29) is 0 Å². The molecule has 0 saturated heterocycles. The first-order valence-electron chi connectivity index (χ1n) is 6.49. The molecule has 2 heteroatoms. The Hall–Kier alpha value is -1.02. The first-order chi connectivity index (χ1) is 8.12. The van der Waals surface area contributed by atoms with Gasteiger partial charge < -0.3 is 10.5 Å². The fraction of sp³-hybridized carbons (Fsp3) is 0.600. The topological polar surface area (TPSA) is 35.2 Å². The summed E-state index contributed by atoms with van der Waals surface area (Å²) < 4.78 is 5.49. The molecular formula is C15H25NO. The molecule has 0 radical (unpaired) electrons. The zero-order valence-electron chi connectivity index (χ0n) is 11.5. The van der Waals surface area contributed by atoms with Crippen LogP contribution in [0.25, 0.3) is 0 Å². The van der Waals surface area contributed by atoms with E-state index in [0.29, 0.717) is 11.8 Å². The molecule has 0 aliphatic heterocycles. The van der Waals surface area contributed by atoms with Crippen LogP contribution in [0.5, 0.6) is 5.75 Å². The molecule has 0 heterocycles. The molecule has 0 fully saturated rings. The highest BCUT2D eigenvalue weighted by molar-refractivity contribution is 5.39. The average Bonchev–Trinajstić information content (AvgIpc) is 2.35. The molecule has 1 aromatic carbocycles. The zero-order valence-corrected chi connectivity index (χ0v) is 11.5. The quantitative estimate of drug-likeness (QED) is 0.820. The number of ether oxygens (including phenoxy) is 1. The molecule has 96 valence electrons. The Morgan fingerprint density at radius 3 is 2.47 bits per heavy atom. The third-order valence-electron chi connectivity index (χ3n) is 3.40. The van der Waals surface area contributed by atoms with Crippen LogP contribution >= 0.6 is 0 Å². The maximum absolute atomic E-state index is 5.76. The maximum atomic E-state index is 5.76. The SMILES string of the molecule is CCC(CN)Cc1ccc(C(C)C)cc1OC.